The number of rotatable bonds is 4. The van der Waals surface area contributed by atoms with Crippen molar-refractivity contribution in [1.29, 1.82) is 0 Å². The van der Waals surface area contributed by atoms with Crippen LogP contribution < -0.4 is 9.80 Å². The summed E-state index contributed by atoms with van der Waals surface area (Å²) in [6.45, 7) is 4.70. The summed E-state index contributed by atoms with van der Waals surface area (Å²) >= 11 is 0. The number of piperazine rings is 1. The number of anilines is 2. The van der Waals surface area contributed by atoms with Crippen molar-refractivity contribution in [3.63, 3.8) is 0 Å². The predicted molar refractivity (Wildman–Crippen MR) is 110 cm³/mol. The van der Waals surface area contributed by atoms with Gasteiger partial charge < -0.3 is 23.6 Å². The van der Waals surface area contributed by atoms with Crippen LogP contribution in [0.3, 0.4) is 0 Å². The van der Waals surface area contributed by atoms with E-state index >= 15 is 0 Å². The van der Waals surface area contributed by atoms with Gasteiger partial charge >= 0.3 is 0 Å². The summed E-state index contributed by atoms with van der Waals surface area (Å²) in [5.74, 6) is 2.67. The molecule has 0 aromatic carbocycles. The van der Waals surface area contributed by atoms with Gasteiger partial charge in [-0.05, 0) is 43.5 Å². The molecule has 5 heterocycles. The fourth-order valence-corrected chi connectivity index (χ4v) is 3.99. The number of hydrogen-bond acceptors (Lipinski definition) is 8. The second-order valence-corrected chi connectivity index (χ2v) is 7.63. The normalized spacial score (nSPS) is 17.4. The zero-order valence-corrected chi connectivity index (χ0v) is 16.7. The van der Waals surface area contributed by atoms with Crippen molar-refractivity contribution in [2.75, 3.05) is 49.1 Å². The van der Waals surface area contributed by atoms with Gasteiger partial charge in [0.15, 0.2) is 23.1 Å². The lowest BCUT2D eigenvalue weighted by Gasteiger charge is -2.35. The Labute approximate surface area is 174 Å². The van der Waals surface area contributed by atoms with Crippen LogP contribution in [0.5, 0.6) is 0 Å². The minimum Gasteiger partial charge on any atom is -0.461 e. The zero-order chi connectivity index (χ0) is 20.3. The summed E-state index contributed by atoms with van der Waals surface area (Å²) in [4.78, 5) is 19.0. The molecule has 0 unspecified atom stereocenters. The third-order valence-corrected chi connectivity index (χ3v) is 5.70. The smallest absolute Gasteiger partial charge is 0.276 e. The van der Waals surface area contributed by atoms with Crippen molar-refractivity contribution in [1.82, 2.24) is 20.3 Å². The molecule has 5 rings (SSSR count). The Morgan fingerprint density at radius 1 is 0.833 bits per heavy atom. The third kappa shape index (κ3) is 3.74. The Hall–Kier alpha value is -3.36. The highest BCUT2D eigenvalue weighted by Gasteiger charge is 2.26. The van der Waals surface area contributed by atoms with Crippen molar-refractivity contribution in [2.45, 2.75) is 19.3 Å². The maximum atomic E-state index is 12.8. The Balaban J connectivity index is 1.18. The van der Waals surface area contributed by atoms with Gasteiger partial charge in [0.25, 0.3) is 5.91 Å². The van der Waals surface area contributed by atoms with Gasteiger partial charge in [0.1, 0.15) is 0 Å². The van der Waals surface area contributed by atoms with Crippen LogP contribution in [0.25, 0.3) is 11.5 Å². The zero-order valence-electron chi connectivity index (χ0n) is 16.7. The van der Waals surface area contributed by atoms with Crippen LogP contribution in [-0.4, -0.2) is 65.4 Å². The van der Waals surface area contributed by atoms with Gasteiger partial charge in [-0.15, -0.1) is 10.2 Å². The number of carbonyl (C=O) groups excluding carboxylic acids is 1. The largest absolute Gasteiger partial charge is 0.461 e. The van der Waals surface area contributed by atoms with Crippen LogP contribution >= 0.6 is 0 Å². The molecule has 3 aromatic heterocycles. The molecule has 2 aliphatic rings. The lowest BCUT2D eigenvalue weighted by molar-refractivity contribution is 0.0736. The number of amides is 1. The van der Waals surface area contributed by atoms with Crippen LogP contribution in [0.2, 0.25) is 0 Å². The first kappa shape index (κ1) is 18.7. The highest BCUT2D eigenvalue weighted by Crippen LogP contribution is 2.23. The van der Waals surface area contributed by atoms with Crippen LogP contribution in [0, 0.1) is 0 Å². The quantitative estimate of drug-likeness (QED) is 0.651. The van der Waals surface area contributed by atoms with E-state index in [0.29, 0.717) is 43.4 Å². The van der Waals surface area contributed by atoms with Gasteiger partial charge in [0.2, 0.25) is 5.76 Å². The fraction of sp³-hybridized carbons (Fsp3) is 0.429. The molecule has 3 aromatic rings. The van der Waals surface area contributed by atoms with Gasteiger partial charge in [-0.25, -0.2) is 0 Å². The topological polar surface area (TPSA) is 91.7 Å². The van der Waals surface area contributed by atoms with Crippen LogP contribution in [-0.2, 0) is 0 Å². The minimum atomic E-state index is -0.136. The van der Waals surface area contributed by atoms with E-state index in [-0.39, 0.29) is 5.91 Å². The summed E-state index contributed by atoms with van der Waals surface area (Å²) < 4.78 is 10.5. The molecule has 1 amide bonds. The second-order valence-electron chi connectivity index (χ2n) is 7.63. The molecule has 0 atom stereocenters. The summed E-state index contributed by atoms with van der Waals surface area (Å²) in [6, 6.07) is 9.24. The van der Waals surface area contributed by atoms with Crippen molar-refractivity contribution >= 4 is 17.5 Å². The van der Waals surface area contributed by atoms with Crippen molar-refractivity contribution < 1.29 is 13.7 Å². The van der Waals surface area contributed by atoms with Gasteiger partial charge in [0.05, 0.1) is 6.26 Å². The Morgan fingerprint density at radius 3 is 2.17 bits per heavy atom. The summed E-state index contributed by atoms with van der Waals surface area (Å²) in [5, 5.41) is 12.8. The van der Waals surface area contributed by atoms with Crippen molar-refractivity contribution in [2.24, 2.45) is 0 Å². The van der Waals surface area contributed by atoms with Crippen LogP contribution in [0.15, 0.2) is 45.5 Å². The molecule has 0 radical (unpaired) electrons. The average Bonchev–Trinajstić information content (AvgIpc) is 3.52. The van der Waals surface area contributed by atoms with E-state index in [9.17, 15) is 4.79 Å². The molecule has 2 saturated heterocycles. The van der Waals surface area contributed by atoms with E-state index in [1.807, 2.05) is 6.07 Å². The average molecular weight is 408 g/mol. The number of aromatic nitrogens is 3. The first-order valence-electron chi connectivity index (χ1n) is 10.4. The molecule has 30 heavy (non-hydrogen) atoms. The predicted octanol–water partition coefficient (Wildman–Crippen LogP) is 2.68. The van der Waals surface area contributed by atoms with Crippen molar-refractivity contribution in [3.05, 3.63) is 42.3 Å². The highest BCUT2D eigenvalue weighted by molar-refractivity contribution is 5.93. The van der Waals surface area contributed by atoms with Crippen LogP contribution in [0.4, 0.5) is 11.6 Å². The molecule has 0 aliphatic carbocycles. The number of hydrogen-bond donors (Lipinski definition) is 0. The minimum absolute atomic E-state index is 0.136. The Morgan fingerprint density at radius 2 is 1.53 bits per heavy atom. The van der Waals surface area contributed by atoms with Gasteiger partial charge in [-0.2, -0.15) is 0 Å². The van der Waals surface area contributed by atoms with E-state index in [2.05, 4.69) is 31.2 Å². The highest BCUT2D eigenvalue weighted by atomic mass is 16.5. The SMILES string of the molecule is O=C(c1cc(-c2ccco2)on1)N1CCN(c2ccc(N3CCCCC3)nn2)CC1. The third-order valence-electron chi connectivity index (χ3n) is 5.70. The molecule has 9 nitrogen and oxygen atoms in total. The molecule has 2 fully saturated rings. The molecule has 0 spiro atoms. The first-order chi connectivity index (χ1) is 14.8. The molecule has 2 aliphatic heterocycles. The fourth-order valence-electron chi connectivity index (χ4n) is 3.99. The van der Waals surface area contributed by atoms with Crippen LogP contribution in [0.1, 0.15) is 29.8 Å². The lowest BCUT2D eigenvalue weighted by atomic mass is 10.1. The number of carbonyl (C=O) groups is 1. The maximum absolute atomic E-state index is 12.8. The molecule has 9 heteroatoms. The number of nitrogens with zero attached hydrogens (tertiary/aromatic N) is 6. The lowest BCUT2D eigenvalue weighted by Crippen LogP contribution is -2.49. The van der Waals surface area contributed by atoms with E-state index < -0.39 is 0 Å². The monoisotopic (exact) mass is 408 g/mol. The first-order valence-corrected chi connectivity index (χ1v) is 10.4. The molecule has 0 bridgehead atoms. The summed E-state index contributed by atoms with van der Waals surface area (Å²) in [5.41, 5.74) is 0.292. The standard InChI is InChI=1S/C21H24N6O3/c28-21(16-15-18(30-24-16)17-5-4-14-29-17)27-12-10-26(11-13-27)20-7-6-19(22-23-20)25-8-2-1-3-9-25/h4-7,14-15H,1-3,8-13H2. The molecule has 0 saturated carbocycles. The Bertz CT molecular complexity index is 971. The molecule has 0 N–H and O–H groups in total. The maximum Gasteiger partial charge on any atom is 0.276 e. The van der Waals surface area contributed by atoms with Gasteiger partial charge in [0, 0.05) is 45.3 Å². The summed E-state index contributed by atoms with van der Waals surface area (Å²) in [6.07, 6.45) is 5.28. The van der Waals surface area contributed by atoms with E-state index in [1.54, 1.807) is 29.4 Å². The van der Waals surface area contributed by atoms with Crippen molar-refractivity contribution in [3.8, 4) is 11.5 Å². The second kappa shape index (κ2) is 8.17. The molecular weight excluding hydrogens is 384 g/mol. The van der Waals surface area contributed by atoms with E-state index in [1.165, 1.54) is 19.3 Å². The van der Waals surface area contributed by atoms with E-state index in [4.69, 9.17) is 8.94 Å². The molecule has 156 valence electrons. The van der Waals surface area contributed by atoms with Gasteiger partial charge in [-0.1, -0.05) is 5.16 Å². The van der Waals surface area contributed by atoms with E-state index in [0.717, 1.165) is 24.7 Å². The van der Waals surface area contributed by atoms with Gasteiger partial charge in [-0.3, -0.25) is 4.79 Å². The Kier molecular flexibility index (Phi) is 5.08. The number of piperidine rings is 1. The molecular formula is C21H24N6O3. The summed E-state index contributed by atoms with van der Waals surface area (Å²) in [7, 11) is 0. The number of furan rings is 1.